The molecule has 7 heteroatoms. The second kappa shape index (κ2) is 11.6. The van der Waals surface area contributed by atoms with Crippen LogP contribution in [0.25, 0.3) is 0 Å². The number of aliphatic imine (C=N–C) groups is 1. The van der Waals surface area contributed by atoms with Crippen LogP contribution in [0.2, 0.25) is 0 Å². The van der Waals surface area contributed by atoms with Gasteiger partial charge in [0.2, 0.25) is 5.88 Å². The molecular formula is C19H27IN4O2. The van der Waals surface area contributed by atoms with Gasteiger partial charge in [0.25, 0.3) is 0 Å². The number of guanidine groups is 1. The van der Waals surface area contributed by atoms with Crippen molar-refractivity contribution in [1.82, 2.24) is 15.6 Å². The van der Waals surface area contributed by atoms with E-state index in [-0.39, 0.29) is 24.0 Å². The molecule has 2 aromatic rings. The lowest BCUT2D eigenvalue weighted by Gasteiger charge is -2.14. The summed E-state index contributed by atoms with van der Waals surface area (Å²) in [6.07, 6.45) is 1.71. The number of nitrogens with zero attached hydrogens (tertiary/aromatic N) is 2. The van der Waals surface area contributed by atoms with Crippen LogP contribution in [0.4, 0.5) is 0 Å². The Kier molecular flexibility index (Phi) is 9.79. The van der Waals surface area contributed by atoms with Crippen LogP contribution in [-0.2, 0) is 13.1 Å². The highest BCUT2D eigenvalue weighted by molar-refractivity contribution is 14.0. The molecule has 0 bridgehead atoms. The van der Waals surface area contributed by atoms with Gasteiger partial charge < -0.3 is 20.1 Å². The zero-order valence-corrected chi connectivity index (χ0v) is 18.0. The maximum Gasteiger partial charge on any atom is 0.218 e. The maximum absolute atomic E-state index is 5.45. The molecule has 1 heterocycles. The molecule has 6 nitrogen and oxygen atoms in total. The minimum absolute atomic E-state index is 0. The molecule has 0 aliphatic carbocycles. The summed E-state index contributed by atoms with van der Waals surface area (Å²) in [5.74, 6) is 2.20. The van der Waals surface area contributed by atoms with Gasteiger partial charge in [0, 0.05) is 30.4 Å². The lowest BCUT2D eigenvalue weighted by molar-refractivity contribution is 0.392. The van der Waals surface area contributed by atoms with Crippen LogP contribution in [0, 0.1) is 6.92 Å². The van der Waals surface area contributed by atoms with E-state index in [2.05, 4.69) is 32.7 Å². The van der Waals surface area contributed by atoms with E-state index in [1.165, 1.54) is 5.56 Å². The smallest absolute Gasteiger partial charge is 0.218 e. The minimum atomic E-state index is 0. The largest absolute Gasteiger partial charge is 0.496 e. The molecule has 0 aliphatic heterocycles. The minimum Gasteiger partial charge on any atom is -0.496 e. The highest BCUT2D eigenvalue weighted by Gasteiger charge is 2.06. The Labute approximate surface area is 172 Å². The lowest BCUT2D eigenvalue weighted by Crippen LogP contribution is -2.36. The second-order valence-corrected chi connectivity index (χ2v) is 5.54. The highest BCUT2D eigenvalue weighted by atomic mass is 127. The first-order valence-corrected chi connectivity index (χ1v) is 8.31. The van der Waals surface area contributed by atoms with E-state index in [9.17, 15) is 0 Å². The summed E-state index contributed by atoms with van der Waals surface area (Å²) in [4.78, 5) is 8.81. The van der Waals surface area contributed by atoms with Gasteiger partial charge in [-0.05, 0) is 31.5 Å². The summed E-state index contributed by atoms with van der Waals surface area (Å²) in [6.45, 7) is 5.97. The molecule has 0 aliphatic rings. The third kappa shape index (κ3) is 6.36. The van der Waals surface area contributed by atoms with Crippen molar-refractivity contribution in [2.45, 2.75) is 26.9 Å². The summed E-state index contributed by atoms with van der Waals surface area (Å²) >= 11 is 0. The van der Waals surface area contributed by atoms with E-state index in [1.54, 1.807) is 20.4 Å². The van der Waals surface area contributed by atoms with Crippen molar-refractivity contribution in [1.29, 1.82) is 0 Å². The van der Waals surface area contributed by atoms with Crippen molar-refractivity contribution in [3.8, 4) is 11.6 Å². The van der Waals surface area contributed by atoms with Gasteiger partial charge in [0.05, 0.1) is 20.8 Å². The third-order valence-electron chi connectivity index (χ3n) is 3.68. The van der Waals surface area contributed by atoms with E-state index < -0.39 is 0 Å². The zero-order chi connectivity index (χ0) is 18.1. The van der Waals surface area contributed by atoms with E-state index in [0.717, 1.165) is 29.4 Å². The molecule has 0 saturated carbocycles. The number of benzene rings is 1. The van der Waals surface area contributed by atoms with Crippen LogP contribution in [0.15, 0.2) is 41.5 Å². The Hall–Kier alpha value is -2.03. The number of rotatable bonds is 7. The number of hydrogen-bond acceptors (Lipinski definition) is 4. The van der Waals surface area contributed by atoms with E-state index in [0.29, 0.717) is 19.0 Å². The quantitative estimate of drug-likeness (QED) is 0.370. The van der Waals surface area contributed by atoms with Gasteiger partial charge in [0.1, 0.15) is 5.75 Å². The molecule has 0 spiro atoms. The molecule has 1 aromatic heterocycles. The standard InChI is InChI=1S/C19H26N4O2.HI/c1-5-20-19(23-13-16-7-6-10-21-18(16)25-4)22-12-15-9-8-14(2)11-17(15)24-3;/h6-11H,5,12-13H2,1-4H3,(H2,20,22,23);1H. The summed E-state index contributed by atoms with van der Waals surface area (Å²) in [5, 5.41) is 6.58. The van der Waals surface area contributed by atoms with Crippen molar-refractivity contribution in [3.63, 3.8) is 0 Å². The first kappa shape index (κ1) is 22.0. The number of aryl methyl sites for hydroxylation is 1. The van der Waals surface area contributed by atoms with Crippen LogP contribution in [0.3, 0.4) is 0 Å². The van der Waals surface area contributed by atoms with Gasteiger partial charge in [-0.3, -0.25) is 0 Å². The van der Waals surface area contributed by atoms with Crippen LogP contribution in [0.5, 0.6) is 11.6 Å². The first-order valence-electron chi connectivity index (χ1n) is 8.31. The Morgan fingerprint density at radius 3 is 2.62 bits per heavy atom. The average Bonchev–Trinajstić information content (AvgIpc) is 2.64. The van der Waals surface area contributed by atoms with Crippen LogP contribution in [0.1, 0.15) is 23.6 Å². The fourth-order valence-electron chi connectivity index (χ4n) is 2.41. The topological polar surface area (TPSA) is 67.8 Å². The van der Waals surface area contributed by atoms with E-state index in [1.807, 2.05) is 32.0 Å². The predicted molar refractivity (Wildman–Crippen MR) is 116 cm³/mol. The molecule has 1 aromatic carbocycles. The van der Waals surface area contributed by atoms with Gasteiger partial charge >= 0.3 is 0 Å². The number of aromatic nitrogens is 1. The number of pyridine rings is 1. The first-order chi connectivity index (χ1) is 12.2. The molecule has 2 rings (SSSR count). The number of ether oxygens (including phenoxy) is 2. The van der Waals surface area contributed by atoms with E-state index in [4.69, 9.17) is 9.47 Å². The Morgan fingerprint density at radius 1 is 1.12 bits per heavy atom. The van der Waals surface area contributed by atoms with Crippen molar-refractivity contribution >= 4 is 29.9 Å². The predicted octanol–water partition coefficient (Wildman–Crippen LogP) is 3.28. The van der Waals surface area contributed by atoms with Gasteiger partial charge in [-0.1, -0.05) is 18.2 Å². The van der Waals surface area contributed by atoms with Crippen LogP contribution < -0.4 is 20.1 Å². The number of halogens is 1. The molecule has 2 N–H and O–H groups in total. The summed E-state index contributed by atoms with van der Waals surface area (Å²) in [7, 11) is 3.30. The summed E-state index contributed by atoms with van der Waals surface area (Å²) < 4.78 is 10.7. The van der Waals surface area contributed by atoms with Gasteiger partial charge in [0.15, 0.2) is 5.96 Å². The molecule has 0 atom stereocenters. The number of hydrogen-bond donors (Lipinski definition) is 2. The van der Waals surface area contributed by atoms with Crippen LogP contribution >= 0.6 is 24.0 Å². The zero-order valence-electron chi connectivity index (χ0n) is 15.7. The molecule has 0 unspecified atom stereocenters. The SMILES string of the molecule is CCNC(=NCc1cccnc1OC)NCc1ccc(C)cc1OC.I. The summed E-state index contributed by atoms with van der Waals surface area (Å²) in [5.41, 5.74) is 3.19. The summed E-state index contributed by atoms with van der Waals surface area (Å²) in [6, 6.07) is 10.0. The lowest BCUT2D eigenvalue weighted by atomic mass is 10.1. The second-order valence-electron chi connectivity index (χ2n) is 5.54. The third-order valence-corrected chi connectivity index (χ3v) is 3.68. The Balaban J connectivity index is 0.00000338. The molecule has 0 saturated heterocycles. The fourth-order valence-corrected chi connectivity index (χ4v) is 2.41. The highest BCUT2D eigenvalue weighted by Crippen LogP contribution is 2.19. The van der Waals surface area contributed by atoms with Crippen LogP contribution in [-0.4, -0.2) is 31.7 Å². The average molecular weight is 470 g/mol. The molecule has 0 radical (unpaired) electrons. The van der Waals surface area contributed by atoms with Gasteiger partial charge in [-0.15, -0.1) is 24.0 Å². The van der Waals surface area contributed by atoms with Gasteiger partial charge in [-0.25, -0.2) is 9.98 Å². The van der Waals surface area contributed by atoms with Crippen molar-refractivity contribution < 1.29 is 9.47 Å². The van der Waals surface area contributed by atoms with E-state index >= 15 is 0 Å². The molecular weight excluding hydrogens is 443 g/mol. The molecule has 26 heavy (non-hydrogen) atoms. The number of nitrogens with one attached hydrogen (secondary N) is 2. The molecule has 142 valence electrons. The number of methoxy groups -OCH3 is 2. The maximum atomic E-state index is 5.45. The Morgan fingerprint density at radius 2 is 1.92 bits per heavy atom. The molecule has 0 amide bonds. The van der Waals surface area contributed by atoms with Crippen molar-refractivity contribution in [2.75, 3.05) is 20.8 Å². The van der Waals surface area contributed by atoms with Crippen molar-refractivity contribution in [2.24, 2.45) is 4.99 Å². The normalized spacial score (nSPS) is 10.7. The monoisotopic (exact) mass is 470 g/mol. The fraction of sp³-hybridized carbons (Fsp3) is 0.368. The Bertz CT molecular complexity index is 722. The van der Waals surface area contributed by atoms with Crippen molar-refractivity contribution in [3.05, 3.63) is 53.2 Å². The van der Waals surface area contributed by atoms with Gasteiger partial charge in [-0.2, -0.15) is 0 Å². The molecule has 0 fully saturated rings.